The Morgan fingerprint density at radius 3 is 2.48 bits per heavy atom. The van der Waals surface area contributed by atoms with Crippen LogP contribution in [0.3, 0.4) is 0 Å². The summed E-state index contributed by atoms with van der Waals surface area (Å²) in [7, 11) is 0. The van der Waals surface area contributed by atoms with Crippen LogP contribution in [0.15, 0.2) is 0 Å². The van der Waals surface area contributed by atoms with Crippen molar-refractivity contribution in [3.8, 4) is 6.07 Å². The van der Waals surface area contributed by atoms with Crippen molar-refractivity contribution in [2.24, 2.45) is 0 Å². The molecule has 0 aromatic carbocycles. The number of anilines is 1. The van der Waals surface area contributed by atoms with E-state index in [0.29, 0.717) is 17.9 Å². The Bertz CT molecular complexity index is 530. The van der Waals surface area contributed by atoms with Crippen molar-refractivity contribution >= 4 is 5.82 Å². The van der Waals surface area contributed by atoms with Crippen LogP contribution in [0, 0.1) is 11.3 Å². The molecule has 1 saturated carbocycles. The van der Waals surface area contributed by atoms with Crippen LogP contribution >= 0.6 is 0 Å². The molecule has 0 aliphatic heterocycles. The Hall–Kier alpha value is -1.67. The summed E-state index contributed by atoms with van der Waals surface area (Å²) >= 11 is 0. The lowest BCUT2D eigenvalue weighted by atomic mass is 9.85. The first-order valence-electron chi connectivity index (χ1n) is 7.88. The van der Waals surface area contributed by atoms with Gasteiger partial charge in [0.05, 0.1) is 11.3 Å². The highest BCUT2D eigenvalue weighted by Gasteiger charge is 2.29. The first-order chi connectivity index (χ1) is 10.1. The van der Waals surface area contributed by atoms with Crippen LogP contribution in [0.25, 0.3) is 0 Å². The lowest BCUT2D eigenvalue weighted by molar-refractivity contribution is 0.0166. The molecule has 0 bridgehead atoms. The maximum absolute atomic E-state index is 10.5. The van der Waals surface area contributed by atoms with Crippen molar-refractivity contribution < 1.29 is 5.11 Å². The van der Waals surface area contributed by atoms with Gasteiger partial charge in [0.25, 0.3) is 0 Å². The summed E-state index contributed by atoms with van der Waals surface area (Å²) in [5.74, 6) is 0.505. The summed E-state index contributed by atoms with van der Waals surface area (Å²) in [6, 6.07) is 2.24. The molecule has 21 heavy (non-hydrogen) atoms. The van der Waals surface area contributed by atoms with E-state index in [9.17, 15) is 10.4 Å². The number of hydrogen-bond acceptors (Lipinski definition) is 5. The molecule has 1 aliphatic rings. The molecule has 1 heterocycles. The van der Waals surface area contributed by atoms with Gasteiger partial charge in [0.1, 0.15) is 11.6 Å². The average Bonchev–Trinajstić information content (AvgIpc) is 2.52. The van der Waals surface area contributed by atoms with E-state index >= 15 is 0 Å². The van der Waals surface area contributed by atoms with Gasteiger partial charge in [-0.25, -0.2) is 0 Å². The van der Waals surface area contributed by atoms with E-state index in [-0.39, 0.29) is 0 Å². The van der Waals surface area contributed by atoms with Crippen molar-refractivity contribution in [3.05, 3.63) is 16.8 Å². The highest BCUT2D eigenvalue weighted by molar-refractivity contribution is 5.56. The minimum atomic E-state index is -0.678. The molecule has 1 aromatic rings. The molecule has 0 atom stereocenters. The van der Waals surface area contributed by atoms with E-state index in [4.69, 9.17) is 0 Å². The van der Waals surface area contributed by atoms with Gasteiger partial charge in [-0.3, -0.25) is 0 Å². The lowest BCUT2D eigenvalue weighted by Gasteiger charge is -2.32. The molecule has 0 radical (unpaired) electrons. The fourth-order valence-corrected chi connectivity index (χ4v) is 3.05. The minimum Gasteiger partial charge on any atom is -0.388 e. The number of aryl methyl sites for hydroxylation is 1. The van der Waals surface area contributed by atoms with Crippen molar-refractivity contribution in [2.45, 2.75) is 64.4 Å². The van der Waals surface area contributed by atoms with Gasteiger partial charge in [-0.15, -0.1) is 5.10 Å². The summed E-state index contributed by atoms with van der Waals surface area (Å²) in [4.78, 5) is 0. The van der Waals surface area contributed by atoms with Crippen LogP contribution in [0.2, 0.25) is 0 Å². The molecule has 0 spiro atoms. The first-order valence-corrected chi connectivity index (χ1v) is 7.88. The summed E-state index contributed by atoms with van der Waals surface area (Å²) in [6.45, 7) is 4.47. The molecule has 2 rings (SSSR count). The van der Waals surface area contributed by atoms with Gasteiger partial charge in [-0.05, 0) is 31.2 Å². The van der Waals surface area contributed by atoms with Gasteiger partial charge in [0, 0.05) is 6.54 Å². The maximum Gasteiger partial charge on any atom is 0.167 e. The summed E-state index contributed by atoms with van der Waals surface area (Å²) in [5.41, 5.74) is 1.75. The number of nitrogens with one attached hydrogen (secondary N) is 1. The van der Waals surface area contributed by atoms with E-state index in [1.54, 1.807) is 0 Å². The fourth-order valence-electron chi connectivity index (χ4n) is 3.05. The predicted molar refractivity (Wildman–Crippen MR) is 82.0 cm³/mol. The topological polar surface area (TPSA) is 81.8 Å². The second-order valence-electron chi connectivity index (χ2n) is 5.81. The van der Waals surface area contributed by atoms with E-state index in [1.807, 2.05) is 13.8 Å². The summed E-state index contributed by atoms with van der Waals surface area (Å²) in [6.07, 6.45) is 6.46. The number of rotatable bonds is 5. The zero-order valence-corrected chi connectivity index (χ0v) is 12.9. The maximum atomic E-state index is 10.5. The van der Waals surface area contributed by atoms with Gasteiger partial charge in [0.2, 0.25) is 0 Å². The molecule has 1 aliphatic carbocycles. The van der Waals surface area contributed by atoms with Gasteiger partial charge >= 0.3 is 0 Å². The van der Waals surface area contributed by atoms with Crippen molar-refractivity contribution in [3.63, 3.8) is 0 Å². The Labute approximate surface area is 126 Å². The van der Waals surface area contributed by atoms with Gasteiger partial charge in [0.15, 0.2) is 5.82 Å². The van der Waals surface area contributed by atoms with E-state index in [1.165, 1.54) is 6.42 Å². The largest absolute Gasteiger partial charge is 0.388 e. The van der Waals surface area contributed by atoms with Gasteiger partial charge in [-0.1, -0.05) is 33.1 Å². The molecule has 0 unspecified atom stereocenters. The van der Waals surface area contributed by atoms with Crippen LogP contribution in [0.4, 0.5) is 5.82 Å². The zero-order chi connectivity index (χ0) is 15.3. The molecule has 1 fully saturated rings. The first kappa shape index (κ1) is 15.7. The third-order valence-corrected chi connectivity index (χ3v) is 4.33. The predicted octanol–water partition coefficient (Wildman–Crippen LogP) is 2.58. The van der Waals surface area contributed by atoms with E-state index in [0.717, 1.165) is 49.8 Å². The molecule has 5 heteroatoms. The lowest BCUT2D eigenvalue weighted by Crippen LogP contribution is -2.39. The van der Waals surface area contributed by atoms with Crippen LogP contribution in [-0.4, -0.2) is 27.4 Å². The van der Waals surface area contributed by atoms with Gasteiger partial charge < -0.3 is 10.4 Å². The van der Waals surface area contributed by atoms with Crippen LogP contribution in [-0.2, 0) is 12.8 Å². The van der Waals surface area contributed by atoms with E-state index < -0.39 is 5.60 Å². The van der Waals surface area contributed by atoms with E-state index in [2.05, 4.69) is 21.6 Å². The molecular weight excluding hydrogens is 264 g/mol. The molecule has 5 nitrogen and oxygen atoms in total. The SMILES string of the molecule is CCc1nnc(NCC2(O)CCCCC2)c(C#N)c1CC. The van der Waals surface area contributed by atoms with Crippen LogP contribution in [0.5, 0.6) is 0 Å². The van der Waals surface area contributed by atoms with Crippen LogP contribution < -0.4 is 5.32 Å². The third-order valence-electron chi connectivity index (χ3n) is 4.33. The number of nitrogens with zero attached hydrogens (tertiary/aromatic N) is 3. The highest BCUT2D eigenvalue weighted by atomic mass is 16.3. The van der Waals surface area contributed by atoms with Crippen molar-refractivity contribution in [2.75, 3.05) is 11.9 Å². The average molecular weight is 288 g/mol. The standard InChI is InChI=1S/C16H24N4O/c1-3-12-13(10-17)15(20-19-14(12)4-2)18-11-16(21)8-6-5-7-9-16/h21H,3-9,11H2,1-2H3,(H,18,20). The smallest absolute Gasteiger partial charge is 0.167 e. The van der Waals surface area contributed by atoms with Crippen molar-refractivity contribution in [1.29, 1.82) is 5.26 Å². The summed E-state index contributed by atoms with van der Waals surface area (Å²) in [5, 5.41) is 31.5. The Kier molecular flexibility index (Phi) is 5.13. The zero-order valence-electron chi connectivity index (χ0n) is 12.9. The third kappa shape index (κ3) is 3.51. The highest BCUT2D eigenvalue weighted by Crippen LogP contribution is 2.29. The normalized spacial score (nSPS) is 17.2. The summed E-state index contributed by atoms with van der Waals surface area (Å²) < 4.78 is 0. The monoisotopic (exact) mass is 288 g/mol. The van der Waals surface area contributed by atoms with Crippen LogP contribution in [0.1, 0.15) is 62.8 Å². The molecule has 114 valence electrons. The molecule has 0 saturated heterocycles. The fraction of sp³-hybridized carbons (Fsp3) is 0.688. The Morgan fingerprint density at radius 2 is 1.90 bits per heavy atom. The quantitative estimate of drug-likeness (QED) is 0.870. The Balaban J connectivity index is 2.18. The number of aromatic nitrogens is 2. The Morgan fingerprint density at radius 1 is 1.19 bits per heavy atom. The molecular formula is C16H24N4O. The minimum absolute atomic E-state index is 0.436. The molecule has 1 aromatic heterocycles. The van der Waals surface area contributed by atoms with Crippen molar-refractivity contribution in [1.82, 2.24) is 10.2 Å². The number of nitriles is 1. The van der Waals surface area contributed by atoms with Gasteiger partial charge in [-0.2, -0.15) is 10.4 Å². The second kappa shape index (κ2) is 6.86. The number of hydrogen-bond donors (Lipinski definition) is 2. The molecule has 2 N–H and O–H groups in total. The second-order valence-corrected chi connectivity index (χ2v) is 5.81. The number of aliphatic hydroxyl groups is 1. The molecule has 0 amide bonds.